The maximum Gasteiger partial charge on any atom is 0 e. The zero-order valence-corrected chi connectivity index (χ0v) is 7.26. The first-order valence-electron chi connectivity index (χ1n) is 3.21. The summed E-state index contributed by atoms with van der Waals surface area (Å²) in [6, 6.07) is 8.49. The molecular weight excluding hydrogens is 209 g/mol. The molecule has 0 aromatic heterocycles. The van der Waals surface area contributed by atoms with E-state index >= 15 is 0 Å². The summed E-state index contributed by atoms with van der Waals surface area (Å²) >= 11 is 0. The quantitative estimate of drug-likeness (QED) is 0.585. The molecule has 1 aromatic carbocycles. The molecule has 0 amide bonds. The summed E-state index contributed by atoms with van der Waals surface area (Å²) in [4.78, 5) is 0. The van der Waals surface area contributed by atoms with Gasteiger partial charge in [-0.05, 0) is 17.5 Å². The molecule has 0 N–H and O–H groups in total. The topological polar surface area (TPSA) is 0 Å². The molecule has 0 spiro atoms. The fourth-order valence-electron chi connectivity index (χ4n) is 1.20. The molecule has 1 heteroatoms. The Morgan fingerprint density at radius 3 is 2.70 bits per heavy atom. The monoisotopic (exact) mass is 218 g/mol. The van der Waals surface area contributed by atoms with E-state index < -0.39 is 0 Å². The minimum absolute atomic E-state index is 0. The van der Waals surface area contributed by atoms with E-state index in [0.29, 0.717) is 0 Å². The van der Waals surface area contributed by atoms with Crippen molar-refractivity contribution in [2.24, 2.45) is 0 Å². The second-order valence-corrected chi connectivity index (χ2v) is 2.31. The van der Waals surface area contributed by atoms with Crippen molar-refractivity contribution in [3.05, 3.63) is 41.5 Å². The van der Waals surface area contributed by atoms with Crippen LogP contribution in [0.15, 0.2) is 30.3 Å². The van der Waals surface area contributed by atoms with E-state index in [4.69, 9.17) is 0 Å². The molecule has 0 unspecified atom stereocenters. The van der Waals surface area contributed by atoms with Gasteiger partial charge in [-0.3, -0.25) is 0 Å². The predicted molar refractivity (Wildman–Crippen MR) is 39.2 cm³/mol. The van der Waals surface area contributed by atoms with E-state index in [1.807, 2.05) is 0 Å². The molecule has 0 aliphatic heterocycles. The van der Waals surface area contributed by atoms with E-state index in [2.05, 4.69) is 36.4 Å². The molecule has 0 nitrogen and oxygen atoms in total. The van der Waals surface area contributed by atoms with Crippen molar-refractivity contribution in [2.45, 2.75) is 6.42 Å². The summed E-state index contributed by atoms with van der Waals surface area (Å²) in [5.41, 5.74) is 2.84. The molecule has 0 heterocycles. The van der Waals surface area contributed by atoms with Crippen molar-refractivity contribution in [1.29, 1.82) is 0 Å². The van der Waals surface area contributed by atoms with Gasteiger partial charge in [0.05, 0.1) is 0 Å². The normalized spacial score (nSPS) is 12.4. The number of benzene rings is 1. The Bertz CT molecular complexity index is 251. The molecule has 1 aliphatic carbocycles. The zero-order chi connectivity index (χ0) is 6.10. The third kappa shape index (κ3) is 1.20. The van der Waals surface area contributed by atoms with E-state index in [1.54, 1.807) is 0 Å². The van der Waals surface area contributed by atoms with Crippen LogP contribution in [0.25, 0.3) is 6.08 Å². The first kappa shape index (κ1) is 7.69. The second-order valence-electron chi connectivity index (χ2n) is 2.31. The fourth-order valence-corrected chi connectivity index (χ4v) is 1.20. The Hall–Kier alpha value is -0.417. The van der Waals surface area contributed by atoms with Crippen molar-refractivity contribution in [1.82, 2.24) is 0 Å². The molecule has 0 radical (unpaired) electrons. The summed E-state index contributed by atoms with van der Waals surface area (Å²) in [5.74, 6) is 0. The van der Waals surface area contributed by atoms with Crippen LogP contribution in [0.4, 0.5) is 0 Å². The van der Waals surface area contributed by atoms with Gasteiger partial charge in [0.25, 0.3) is 0 Å². The van der Waals surface area contributed by atoms with E-state index in [9.17, 15) is 0 Å². The molecular formula is C9H8Ru. The molecule has 52 valence electrons. The number of hydrogen-bond acceptors (Lipinski definition) is 0. The fraction of sp³-hybridized carbons (Fsp3) is 0.111. The van der Waals surface area contributed by atoms with Crippen LogP contribution in [0.2, 0.25) is 0 Å². The van der Waals surface area contributed by atoms with Crippen molar-refractivity contribution in [3.8, 4) is 0 Å². The minimum atomic E-state index is 0. The Morgan fingerprint density at radius 2 is 1.90 bits per heavy atom. The van der Waals surface area contributed by atoms with Gasteiger partial charge in [-0.25, -0.2) is 0 Å². The van der Waals surface area contributed by atoms with Crippen LogP contribution in [0.3, 0.4) is 0 Å². The summed E-state index contributed by atoms with van der Waals surface area (Å²) < 4.78 is 0. The van der Waals surface area contributed by atoms with E-state index in [1.165, 1.54) is 11.1 Å². The maximum absolute atomic E-state index is 2.20. The van der Waals surface area contributed by atoms with Crippen molar-refractivity contribution in [2.75, 3.05) is 0 Å². The van der Waals surface area contributed by atoms with Gasteiger partial charge in [0.1, 0.15) is 0 Å². The smallest absolute Gasteiger partial charge is 0 e. The molecule has 0 fully saturated rings. The molecule has 0 saturated heterocycles. The molecule has 1 aliphatic rings. The Kier molecular flexibility index (Phi) is 2.40. The molecule has 1 aromatic rings. The minimum Gasteiger partial charge on any atom is -0.0795 e. The summed E-state index contributed by atoms with van der Waals surface area (Å²) in [5, 5.41) is 0. The number of allylic oxidation sites excluding steroid dienone is 1. The van der Waals surface area contributed by atoms with Crippen LogP contribution < -0.4 is 0 Å². The molecule has 0 atom stereocenters. The van der Waals surface area contributed by atoms with Crippen LogP contribution in [0, 0.1) is 0 Å². The standard InChI is InChI=1S/C9H8.Ru/c1-2-5-9-7-3-6-8(9)4-1;/h1-6H,7H2;. The number of fused-ring (bicyclic) bond motifs is 1. The predicted octanol–water partition coefficient (Wildman–Crippen LogP) is 2.25. The van der Waals surface area contributed by atoms with Gasteiger partial charge >= 0.3 is 0 Å². The average Bonchev–Trinajstić information content (AvgIpc) is 2.33. The van der Waals surface area contributed by atoms with Gasteiger partial charge in [-0.2, -0.15) is 0 Å². The average molecular weight is 217 g/mol. The van der Waals surface area contributed by atoms with E-state index in [-0.39, 0.29) is 19.5 Å². The van der Waals surface area contributed by atoms with Gasteiger partial charge in [-0.15, -0.1) is 0 Å². The Morgan fingerprint density at radius 1 is 1.10 bits per heavy atom. The largest absolute Gasteiger partial charge is 0.0795 e. The maximum atomic E-state index is 2.20. The zero-order valence-electron chi connectivity index (χ0n) is 5.52. The van der Waals surface area contributed by atoms with Gasteiger partial charge in [0.2, 0.25) is 0 Å². The first-order chi connectivity index (χ1) is 4.47. The first-order valence-corrected chi connectivity index (χ1v) is 3.21. The van der Waals surface area contributed by atoms with Gasteiger partial charge in [0, 0.05) is 19.5 Å². The van der Waals surface area contributed by atoms with Crippen LogP contribution in [0.5, 0.6) is 0 Å². The molecule has 2 rings (SSSR count). The van der Waals surface area contributed by atoms with Crippen LogP contribution in [-0.4, -0.2) is 0 Å². The van der Waals surface area contributed by atoms with Gasteiger partial charge in [0.15, 0.2) is 0 Å². The van der Waals surface area contributed by atoms with Crippen molar-refractivity contribution in [3.63, 3.8) is 0 Å². The molecule has 0 bridgehead atoms. The van der Waals surface area contributed by atoms with Crippen molar-refractivity contribution >= 4 is 6.08 Å². The van der Waals surface area contributed by atoms with Crippen LogP contribution in [0.1, 0.15) is 11.1 Å². The van der Waals surface area contributed by atoms with Crippen LogP contribution >= 0.6 is 0 Å². The molecule has 0 saturated carbocycles. The third-order valence-corrected chi connectivity index (χ3v) is 1.69. The third-order valence-electron chi connectivity index (χ3n) is 1.69. The number of rotatable bonds is 0. The van der Waals surface area contributed by atoms with Gasteiger partial charge < -0.3 is 0 Å². The Balaban J connectivity index is 0.000000500. The Labute approximate surface area is 73.7 Å². The summed E-state index contributed by atoms with van der Waals surface area (Å²) in [7, 11) is 0. The van der Waals surface area contributed by atoms with E-state index in [0.717, 1.165) is 6.42 Å². The van der Waals surface area contributed by atoms with Crippen molar-refractivity contribution < 1.29 is 19.5 Å². The van der Waals surface area contributed by atoms with Gasteiger partial charge in [-0.1, -0.05) is 36.4 Å². The summed E-state index contributed by atoms with van der Waals surface area (Å²) in [6.45, 7) is 0. The SMILES string of the molecule is C1=Cc2ccccc2C1.[Ru]. The molecule has 10 heavy (non-hydrogen) atoms. The van der Waals surface area contributed by atoms with Crippen LogP contribution in [-0.2, 0) is 25.9 Å². The summed E-state index contributed by atoms with van der Waals surface area (Å²) in [6.07, 6.45) is 5.50. The number of hydrogen-bond donors (Lipinski definition) is 0. The second kappa shape index (κ2) is 3.12.